The second-order valence-electron chi connectivity index (χ2n) is 9.00. The lowest BCUT2D eigenvalue weighted by Gasteiger charge is -2.40. The number of hydrogen-bond acceptors (Lipinski definition) is 5. The van der Waals surface area contributed by atoms with E-state index in [-0.39, 0.29) is 30.4 Å². The molecule has 4 rings (SSSR count). The molecule has 0 bridgehead atoms. The molecule has 2 heterocycles. The molecule has 1 aliphatic carbocycles. The number of benzene rings is 1. The van der Waals surface area contributed by atoms with E-state index >= 15 is 0 Å². The maximum absolute atomic E-state index is 13.1. The normalized spacial score (nSPS) is 22.2. The van der Waals surface area contributed by atoms with Gasteiger partial charge in [0.1, 0.15) is 5.75 Å². The zero-order chi connectivity index (χ0) is 21.6. The summed E-state index contributed by atoms with van der Waals surface area (Å²) in [4.78, 5) is 32.2. The molecule has 0 spiro atoms. The molecule has 1 aromatic carbocycles. The molecule has 0 radical (unpaired) electrons. The lowest BCUT2D eigenvalue weighted by Crippen LogP contribution is -2.54. The van der Waals surface area contributed by atoms with Crippen molar-refractivity contribution in [3.05, 3.63) is 29.8 Å². The van der Waals surface area contributed by atoms with Gasteiger partial charge in [-0.2, -0.15) is 0 Å². The number of morpholine rings is 1. The van der Waals surface area contributed by atoms with E-state index in [0.29, 0.717) is 6.54 Å². The summed E-state index contributed by atoms with van der Waals surface area (Å²) < 4.78 is 11.2. The Kier molecular flexibility index (Phi) is 7.45. The van der Waals surface area contributed by atoms with Gasteiger partial charge < -0.3 is 19.3 Å². The van der Waals surface area contributed by atoms with Crippen LogP contribution in [0.5, 0.6) is 5.75 Å². The van der Waals surface area contributed by atoms with Crippen molar-refractivity contribution in [2.75, 3.05) is 59.1 Å². The number of carbonyl (C=O) groups is 2. The first-order valence-corrected chi connectivity index (χ1v) is 11.7. The summed E-state index contributed by atoms with van der Waals surface area (Å²) in [6.07, 6.45) is 3.90. The first kappa shape index (κ1) is 22.1. The third-order valence-corrected chi connectivity index (χ3v) is 6.51. The average molecular weight is 430 g/mol. The van der Waals surface area contributed by atoms with Crippen LogP contribution < -0.4 is 4.74 Å². The lowest BCUT2D eigenvalue weighted by atomic mass is 10.0. The highest BCUT2D eigenvalue weighted by Gasteiger charge is 2.38. The summed E-state index contributed by atoms with van der Waals surface area (Å²) in [6.45, 7) is 8.40. The van der Waals surface area contributed by atoms with E-state index in [1.807, 2.05) is 36.1 Å². The average Bonchev–Trinajstić information content (AvgIpc) is 3.64. The molecule has 31 heavy (non-hydrogen) atoms. The van der Waals surface area contributed by atoms with Crippen LogP contribution in [0.1, 0.15) is 31.2 Å². The Morgan fingerprint density at radius 2 is 1.97 bits per heavy atom. The predicted molar refractivity (Wildman–Crippen MR) is 118 cm³/mol. The van der Waals surface area contributed by atoms with E-state index in [1.54, 1.807) is 0 Å². The van der Waals surface area contributed by atoms with Crippen molar-refractivity contribution in [1.82, 2.24) is 14.7 Å². The fourth-order valence-corrected chi connectivity index (χ4v) is 4.49. The second-order valence-corrected chi connectivity index (χ2v) is 9.00. The van der Waals surface area contributed by atoms with Crippen LogP contribution in [0.25, 0.3) is 0 Å². The number of likely N-dealkylation sites (tertiary alicyclic amines) is 1. The minimum Gasteiger partial charge on any atom is -0.484 e. The summed E-state index contributed by atoms with van der Waals surface area (Å²) in [5.74, 6) is 1.19. The van der Waals surface area contributed by atoms with Crippen LogP contribution in [0.15, 0.2) is 24.3 Å². The van der Waals surface area contributed by atoms with Crippen molar-refractivity contribution in [3.63, 3.8) is 0 Å². The van der Waals surface area contributed by atoms with E-state index in [1.165, 1.54) is 0 Å². The molecule has 3 aliphatic rings. The highest BCUT2D eigenvalue weighted by molar-refractivity contribution is 5.82. The highest BCUT2D eigenvalue weighted by atomic mass is 16.5. The van der Waals surface area contributed by atoms with Gasteiger partial charge in [-0.05, 0) is 50.3 Å². The molecule has 2 amide bonds. The topological polar surface area (TPSA) is 62.3 Å². The number of carbonyl (C=O) groups excluding carboxylic acids is 2. The molecular formula is C24H35N3O4. The third kappa shape index (κ3) is 6.20. The fourth-order valence-electron chi connectivity index (χ4n) is 4.49. The van der Waals surface area contributed by atoms with E-state index in [0.717, 1.165) is 82.9 Å². The van der Waals surface area contributed by atoms with Gasteiger partial charge in [0.2, 0.25) is 5.91 Å². The van der Waals surface area contributed by atoms with Crippen molar-refractivity contribution in [2.24, 2.45) is 5.92 Å². The number of ether oxygens (including phenoxy) is 2. The highest BCUT2D eigenvalue weighted by Crippen LogP contribution is 2.32. The van der Waals surface area contributed by atoms with Gasteiger partial charge in [0.25, 0.3) is 5.91 Å². The van der Waals surface area contributed by atoms with Crippen LogP contribution in [-0.4, -0.2) is 91.6 Å². The zero-order valence-electron chi connectivity index (χ0n) is 18.6. The van der Waals surface area contributed by atoms with Crippen LogP contribution in [0.4, 0.5) is 0 Å². The van der Waals surface area contributed by atoms with Crippen LogP contribution in [0.3, 0.4) is 0 Å². The fraction of sp³-hybridized carbons (Fsp3) is 0.667. The summed E-state index contributed by atoms with van der Waals surface area (Å²) >= 11 is 0. The van der Waals surface area contributed by atoms with E-state index in [4.69, 9.17) is 9.47 Å². The minimum atomic E-state index is -0.00166. The van der Waals surface area contributed by atoms with Gasteiger partial charge in [-0.15, -0.1) is 0 Å². The molecular weight excluding hydrogens is 394 g/mol. The Hall–Kier alpha value is -2.12. The molecule has 2 saturated heterocycles. The molecule has 0 aromatic heterocycles. The largest absolute Gasteiger partial charge is 0.484 e. The molecule has 7 nitrogen and oxygen atoms in total. The van der Waals surface area contributed by atoms with Crippen LogP contribution in [0.2, 0.25) is 0 Å². The van der Waals surface area contributed by atoms with Gasteiger partial charge >= 0.3 is 0 Å². The lowest BCUT2D eigenvalue weighted by molar-refractivity contribution is -0.141. The quantitative estimate of drug-likeness (QED) is 0.632. The number of hydrogen-bond donors (Lipinski definition) is 0. The van der Waals surface area contributed by atoms with Crippen molar-refractivity contribution in [1.29, 1.82) is 0 Å². The molecule has 0 N–H and O–H groups in total. The van der Waals surface area contributed by atoms with Gasteiger partial charge in [-0.3, -0.25) is 14.5 Å². The molecule has 2 aliphatic heterocycles. The number of rotatable bonds is 8. The zero-order valence-corrected chi connectivity index (χ0v) is 18.6. The third-order valence-electron chi connectivity index (χ3n) is 6.51. The Morgan fingerprint density at radius 1 is 1.16 bits per heavy atom. The maximum atomic E-state index is 13.1. The van der Waals surface area contributed by atoms with Crippen LogP contribution in [-0.2, 0) is 14.3 Å². The molecule has 1 atom stereocenters. The predicted octanol–water partition coefficient (Wildman–Crippen LogP) is 1.94. The minimum absolute atomic E-state index is 0.00166. The number of nitrogens with zero attached hydrogens (tertiary/aromatic N) is 3. The summed E-state index contributed by atoms with van der Waals surface area (Å²) in [7, 11) is 0. The van der Waals surface area contributed by atoms with Gasteiger partial charge in [0, 0.05) is 51.2 Å². The SMILES string of the molecule is Cc1cccc(OCC(=O)N2CCCC(N(CCN3CCOCC3)C(=O)C3CC3)C2)c1. The second kappa shape index (κ2) is 10.5. The van der Waals surface area contributed by atoms with E-state index in [9.17, 15) is 9.59 Å². The number of aryl methyl sites for hydroxylation is 1. The smallest absolute Gasteiger partial charge is 0.260 e. The van der Waals surface area contributed by atoms with Crippen molar-refractivity contribution >= 4 is 11.8 Å². The first-order valence-electron chi connectivity index (χ1n) is 11.7. The van der Waals surface area contributed by atoms with E-state index in [2.05, 4.69) is 9.80 Å². The Bertz CT molecular complexity index is 761. The molecule has 7 heteroatoms. The Morgan fingerprint density at radius 3 is 2.71 bits per heavy atom. The van der Waals surface area contributed by atoms with Gasteiger partial charge in [0.05, 0.1) is 13.2 Å². The molecule has 1 aromatic rings. The molecule has 1 saturated carbocycles. The number of piperidine rings is 1. The molecule has 170 valence electrons. The van der Waals surface area contributed by atoms with Crippen LogP contribution >= 0.6 is 0 Å². The van der Waals surface area contributed by atoms with E-state index < -0.39 is 0 Å². The summed E-state index contributed by atoms with van der Waals surface area (Å²) in [6, 6.07) is 7.86. The van der Waals surface area contributed by atoms with Gasteiger partial charge in [-0.25, -0.2) is 0 Å². The summed E-state index contributed by atoms with van der Waals surface area (Å²) in [5.41, 5.74) is 1.11. The van der Waals surface area contributed by atoms with Gasteiger partial charge in [-0.1, -0.05) is 12.1 Å². The van der Waals surface area contributed by atoms with Gasteiger partial charge in [0.15, 0.2) is 6.61 Å². The number of amides is 2. The first-order chi connectivity index (χ1) is 15.1. The Balaban J connectivity index is 1.33. The standard InChI is InChI=1S/C24H35N3O4/c1-19-4-2-6-22(16-19)31-18-23(28)26-9-3-5-21(17-26)27(24(29)20-7-8-20)11-10-25-12-14-30-15-13-25/h2,4,6,16,20-21H,3,5,7-15,17-18H2,1H3. The summed E-state index contributed by atoms with van der Waals surface area (Å²) in [5, 5.41) is 0. The molecule has 1 unspecified atom stereocenters. The van der Waals surface area contributed by atoms with Crippen molar-refractivity contribution < 1.29 is 19.1 Å². The monoisotopic (exact) mass is 429 g/mol. The Labute approximate surface area is 185 Å². The molecule has 3 fully saturated rings. The maximum Gasteiger partial charge on any atom is 0.260 e. The van der Waals surface area contributed by atoms with Crippen molar-refractivity contribution in [2.45, 2.75) is 38.6 Å². The van der Waals surface area contributed by atoms with Crippen LogP contribution in [0, 0.1) is 12.8 Å². The van der Waals surface area contributed by atoms with Crippen molar-refractivity contribution in [3.8, 4) is 5.75 Å².